The van der Waals surface area contributed by atoms with Gasteiger partial charge in [-0.3, -0.25) is 9.59 Å². The van der Waals surface area contributed by atoms with Crippen molar-refractivity contribution in [2.45, 2.75) is 39.0 Å². The Morgan fingerprint density at radius 2 is 1.59 bits per heavy atom. The molecule has 0 heterocycles. The fraction of sp³-hybridized carbons (Fsp3) is 0.364. The number of benzene rings is 2. The van der Waals surface area contributed by atoms with E-state index in [0.29, 0.717) is 39.0 Å². The molecule has 27 heavy (non-hydrogen) atoms. The summed E-state index contributed by atoms with van der Waals surface area (Å²) < 4.78 is 5.76. The summed E-state index contributed by atoms with van der Waals surface area (Å²) >= 11 is 0. The lowest BCUT2D eigenvalue weighted by molar-refractivity contribution is -0.141. The summed E-state index contributed by atoms with van der Waals surface area (Å²) in [5, 5.41) is 12.0. The molecule has 2 aromatic rings. The van der Waals surface area contributed by atoms with Gasteiger partial charge in [0.25, 0.3) is 0 Å². The quantitative estimate of drug-likeness (QED) is 0.748. The van der Waals surface area contributed by atoms with Crippen molar-refractivity contribution in [3.05, 3.63) is 71.3 Å². The van der Waals surface area contributed by atoms with E-state index in [4.69, 9.17) is 9.84 Å². The van der Waals surface area contributed by atoms with Gasteiger partial charge in [0.1, 0.15) is 0 Å². The van der Waals surface area contributed by atoms with Crippen LogP contribution in [0, 0.1) is 11.8 Å². The van der Waals surface area contributed by atoms with E-state index in [1.165, 1.54) is 0 Å². The minimum Gasteiger partial charge on any atom is -0.481 e. The molecule has 1 fully saturated rings. The Labute approximate surface area is 159 Å². The fourth-order valence-electron chi connectivity index (χ4n) is 3.47. The monoisotopic (exact) mass is 367 g/mol. The van der Waals surface area contributed by atoms with Crippen LogP contribution in [0.15, 0.2) is 54.6 Å². The van der Waals surface area contributed by atoms with E-state index in [1.54, 1.807) is 0 Å². The zero-order chi connectivity index (χ0) is 19.1. The molecule has 1 saturated carbocycles. The molecule has 0 aromatic heterocycles. The molecule has 0 bridgehead atoms. The van der Waals surface area contributed by atoms with Crippen LogP contribution in [0.25, 0.3) is 0 Å². The molecule has 0 spiro atoms. The van der Waals surface area contributed by atoms with Gasteiger partial charge in [0.2, 0.25) is 5.91 Å². The van der Waals surface area contributed by atoms with Crippen LogP contribution in [0.1, 0.15) is 36.0 Å². The van der Waals surface area contributed by atoms with Crippen molar-refractivity contribution in [1.82, 2.24) is 5.32 Å². The second kappa shape index (κ2) is 9.33. The van der Waals surface area contributed by atoms with E-state index >= 15 is 0 Å². The maximum atomic E-state index is 12.3. The molecule has 0 radical (unpaired) electrons. The molecule has 2 N–H and O–H groups in total. The van der Waals surface area contributed by atoms with Gasteiger partial charge in [0, 0.05) is 12.5 Å². The average Bonchev–Trinajstić information content (AvgIpc) is 3.18. The molecule has 0 aliphatic heterocycles. The number of ether oxygens (including phenoxy) is 1. The summed E-state index contributed by atoms with van der Waals surface area (Å²) in [6.45, 7) is 1.52. The Bertz CT molecular complexity index is 775. The Balaban J connectivity index is 1.45. The summed E-state index contributed by atoms with van der Waals surface area (Å²) in [6, 6.07) is 18.0. The number of aliphatic carboxylic acids is 1. The molecule has 2 aromatic carbocycles. The van der Waals surface area contributed by atoms with Gasteiger partial charge in [0.05, 0.1) is 19.1 Å². The molecule has 2 atom stereocenters. The Morgan fingerprint density at radius 1 is 0.926 bits per heavy atom. The minimum atomic E-state index is -0.798. The van der Waals surface area contributed by atoms with E-state index < -0.39 is 5.97 Å². The average molecular weight is 367 g/mol. The number of carbonyl (C=O) groups excluding carboxylic acids is 1. The Hall–Kier alpha value is -2.66. The van der Waals surface area contributed by atoms with E-state index in [1.807, 2.05) is 54.6 Å². The summed E-state index contributed by atoms with van der Waals surface area (Å²) in [7, 11) is 0. The summed E-state index contributed by atoms with van der Waals surface area (Å²) in [4.78, 5) is 23.3. The number of carbonyl (C=O) groups is 2. The molecule has 142 valence electrons. The first-order valence-electron chi connectivity index (χ1n) is 9.32. The van der Waals surface area contributed by atoms with E-state index in [2.05, 4.69) is 5.32 Å². The van der Waals surface area contributed by atoms with E-state index in [9.17, 15) is 9.59 Å². The van der Waals surface area contributed by atoms with Gasteiger partial charge in [-0.05, 0) is 36.0 Å². The van der Waals surface area contributed by atoms with Crippen LogP contribution < -0.4 is 5.32 Å². The lowest BCUT2D eigenvalue weighted by atomic mass is 10.0. The van der Waals surface area contributed by atoms with Crippen LogP contribution in [0.5, 0.6) is 0 Å². The van der Waals surface area contributed by atoms with Gasteiger partial charge >= 0.3 is 5.97 Å². The SMILES string of the molecule is O=C(O)[C@@H]1CC[C@H](C(=O)NCc2cccc(COCc3ccccc3)c2)C1. The molecule has 5 nitrogen and oxygen atoms in total. The van der Waals surface area contributed by atoms with Crippen molar-refractivity contribution in [2.75, 3.05) is 0 Å². The zero-order valence-corrected chi connectivity index (χ0v) is 15.3. The highest BCUT2D eigenvalue weighted by Gasteiger charge is 2.33. The third kappa shape index (κ3) is 5.66. The van der Waals surface area contributed by atoms with Crippen LogP contribution in [-0.4, -0.2) is 17.0 Å². The predicted molar refractivity (Wildman–Crippen MR) is 102 cm³/mol. The number of hydrogen-bond donors (Lipinski definition) is 2. The number of nitrogens with one attached hydrogen (secondary N) is 1. The fourth-order valence-corrected chi connectivity index (χ4v) is 3.47. The number of carboxylic acids is 1. The highest BCUT2D eigenvalue weighted by molar-refractivity contribution is 5.80. The van der Waals surface area contributed by atoms with E-state index in [0.717, 1.165) is 16.7 Å². The normalized spacial score (nSPS) is 19.0. The first-order chi connectivity index (χ1) is 13.1. The minimum absolute atomic E-state index is 0.0514. The standard InChI is InChI=1S/C22H25NO4/c24-21(19-9-10-20(12-19)22(25)26)23-13-17-7-4-8-18(11-17)15-27-14-16-5-2-1-3-6-16/h1-8,11,19-20H,9-10,12-15H2,(H,23,24)(H,25,26)/t19-,20+/m0/s1. The molecule has 1 aliphatic carbocycles. The van der Waals surface area contributed by atoms with Crippen molar-refractivity contribution in [1.29, 1.82) is 0 Å². The maximum Gasteiger partial charge on any atom is 0.306 e. The number of hydrogen-bond acceptors (Lipinski definition) is 3. The molecule has 1 amide bonds. The highest BCUT2D eigenvalue weighted by atomic mass is 16.5. The van der Waals surface area contributed by atoms with Crippen LogP contribution >= 0.6 is 0 Å². The first-order valence-corrected chi connectivity index (χ1v) is 9.32. The van der Waals surface area contributed by atoms with Crippen LogP contribution in [0.3, 0.4) is 0 Å². The topological polar surface area (TPSA) is 75.6 Å². The molecular weight excluding hydrogens is 342 g/mol. The first kappa shape index (κ1) is 19.1. The van der Waals surface area contributed by atoms with Gasteiger partial charge < -0.3 is 15.2 Å². The van der Waals surface area contributed by atoms with Crippen LogP contribution in [-0.2, 0) is 34.1 Å². The molecule has 0 unspecified atom stereocenters. The Kier molecular flexibility index (Phi) is 6.60. The van der Waals surface area contributed by atoms with Gasteiger partial charge in [-0.15, -0.1) is 0 Å². The van der Waals surface area contributed by atoms with Crippen molar-refractivity contribution in [3.63, 3.8) is 0 Å². The van der Waals surface area contributed by atoms with Crippen molar-refractivity contribution < 1.29 is 19.4 Å². The van der Waals surface area contributed by atoms with Crippen LogP contribution in [0.4, 0.5) is 0 Å². The molecular formula is C22H25NO4. The lowest BCUT2D eigenvalue weighted by Gasteiger charge is -2.12. The molecule has 5 heteroatoms. The zero-order valence-electron chi connectivity index (χ0n) is 15.3. The van der Waals surface area contributed by atoms with Crippen molar-refractivity contribution in [2.24, 2.45) is 11.8 Å². The maximum absolute atomic E-state index is 12.3. The third-order valence-corrected chi connectivity index (χ3v) is 4.99. The number of amides is 1. The van der Waals surface area contributed by atoms with Gasteiger partial charge in [0.15, 0.2) is 0 Å². The predicted octanol–water partition coefficient (Wildman–Crippen LogP) is 3.52. The van der Waals surface area contributed by atoms with E-state index in [-0.39, 0.29) is 17.7 Å². The smallest absolute Gasteiger partial charge is 0.306 e. The molecule has 0 saturated heterocycles. The number of rotatable bonds is 8. The number of carboxylic acid groups (broad SMARTS) is 1. The lowest BCUT2D eigenvalue weighted by Crippen LogP contribution is -2.29. The van der Waals surface area contributed by atoms with Gasteiger partial charge in [-0.2, -0.15) is 0 Å². The molecule has 1 aliphatic rings. The van der Waals surface area contributed by atoms with Gasteiger partial charge in [-0.1, -0.05) is 54.6 Å². The summed E-state index contributed by atoms with van der Waals surface area (Å²) in [5.41, 5.74) is 3.21. The van der Waals surface area contributed by atoms with Gasteiger partial charge in [-0.25, -0.2) is 0 Å². The van der Waals surface area contributed by atoms with Crippen LogP contribution in [0.2, 0.25) is 0 Å². The summed E-state index contributed by atoms with van der Waals surface area (Å²) in [6.07, 6.45) is 1.67. The third-order valence-electron chi connectivity index (χ3n) is 4.99. The molecule has 3 rings (SSSR count). The Morgan fingerprint density at radius 3 is 2.33 bits per heavy atom. The van der Waals surface area contributed by atoms with Crippen molar-refractivity contribution in [3.8, 4) is 0 Å². The second-order valence-electron chi connectivity index (χ2n) is 7.06. The van der Waals surface area contributed by atoms with Crippen molar-refractivity contribution >= 4 is 11.9 Å². The largest absolute Gasteiger partial charge is 0.481 e. The second-order valence-corrected chi connectivity index (χ2v) is 7.06. The summed E-state index contributed by atoms with van der Waals surface area (Å²) in [5.74, 6) is -1.42. The highest BCUT2D eigenvalue weighted by Crippen LogP contribution is 2.31.